The molecule has 1 aliphatic rings. The molecule has 2 rings (SSSR count). The summed E-state index contributed by atoms with van der Waals surface area (Å²) in [5.74, 6) is -0.165. The Kier molecular flexibility index (Phi) is 6.06. The zero-order valence-electron chi connectivity index (χ0n) is 13.0. The number of hydrogen-bond donors (Lipinski definition) is 2. The highest BCUT2D eigenvalue weighted by atomic mass is 35.5. The van der Waals surface area contributed by atoms with Crippen molar-refractivity contribution in [2.24, 2.45) is 5.92 Å². The van der Waals surface area contributed by atoms with Crippen LogP contribution in [0.25, 0.3) is 0 Å². The molecular weight excluding hydrogens is 304 g/mol. The molecule has 1 fully saturated rings. The summed E-state index contributed by atoms with van der Waals surface area (Å²) in [6, 6.07) is 5.45. The zero-order chi connectivity index (χ0) is 16.1. The van der Waals surface area contributed by atoms with Crippen molar-refractivity contribution in [3.8, 4) is 0 Å². The van der Waals surface area contributed by atoms with Crippen molar-refractivity contribution in [3.05, 3.63) is 23.2 Å². The van der Waals surface area contributed by atoms with E-state index in [2.05, 4.69) is 10.2 Å². The number of rotatable bonds is 5. The van der Waals surface area contributed by atoms with Gasteiger partial charge >= 0.3 is 0 Å². The fraction of sp³-hybridized carbons (Fsp3) is 0.562. The lowest BCUT2D eigenvalue weighted by Crippen LogP contribution is -2.37. The number of amides is 1. The van der Waals surface area contributed by atoms with Gasteiger partial charge in [0.2, 0.25) is 5.91 Å². The number of anilines is 2. The molecule has 1 heterocycles. The Morgan fingerprint density at radius 3 is 2.73 bits per heavy atom. The van der Waals surface area contributed by atoms with Crippen LogP contribution in [0.2, 0.25) is 5.02 Å². The molecule has 2 N–H and O–H groups in total. The number of para-hydroxylation sites is 1. The molecule has 0 aliphatic carbocycles. The molecule has 0 radical (unpaired) electrons. The number of nitrogens with zero attached hydrogens (tertiary/aromatic N) is 1. The molecule has 0 aromatic heterocycles. The van der Waals surface area contributed by atoms with Gasteiger partial charge in [0.25, 0.3) is 0 Å². The van der Waals surface area contributed by atoms with E-state index >= 15 is 0 Å². The van der Waals surface area contributed by atoms with Crippen LogP contribution >= 0.6 is 11.6 Å². The molecule has 22 heavy (non-hydrogen) atoms. The predicted octanol–water partition coefficient (Wildman–Crippen LogP) is 2.52. The van der Waals surface area contributed by atoms with Crippen LogP contribution in [-0.4, -0.2) is 43.4 Å². The summed E-state index contributed by atoms with van der Waals surface area (Å²) in [4.78, 5) is 14.2. The van der Waals surface area contributed by atoms with E-state index in [0.717, 1.165) is 18.8 Å². The van der Waals surface area contributed by atoms with Crippen molar-refractivity contribution in [3.63, 3.8) is 0 Å². The largest absolute Gasteiger partial charge is 0.392 e. The lowest BCUT2D eigenvalue weighted by molar-refractivity contribution is -0.118. The second-order valence-corrected chi connectivity index (χ2v) is 6.21. The molecule has 5 nitrogen and oxygen atoms in total. The lowest BCUT2D eigenvalue weighted by Gasteiger charge is -2.31. The quantitative estimate of drug-likeness (QED) is 0.873. The van der Waals surface area contributed by atoms with Crippen molar-refractivity contribution < 1.29 is 14.6 Å². The second-order valence-electron chi connectivity index (χ2n) is 5.80. The summed E-state index contributed by atoms with van der Waals surface area (Å²) < 4.78 is 5.36. The summed E-state index contributed by atoms with van der Waals surface area (Å²) in [5, 5.41) is 13.3. The van der Waals surface area contributed by atoms with Gasteiger partial charge in [0.05, 0.1) is 42.1 Å². The minimum atomic E-state index is -0.647. The standard InChI is InChI=1S/C16H23ClN2O3/c1-11(2)14(20)10-15(21)18-13-5-3-4-12(17)16(13)19-6-8-22-9-7-19/h3-5,11,14,20H,6-10H2,1-2H3,(H,18,21). The number of carbonyl (C=O) groups is 1. The smallest absolute Gasteiger partial charge is 0.227 e. The van der Waals surface area contributed by atoms with E-state index < -0.39 is 6.10 Å². The minimum absolute atomic E-state index is 0.0452. The van der Waals surface area contributed by atoms with Crippen molar-refractivity contribution in [2.75, 3.05) is 36.5 Å². The van der Waals surface area contributed by atoms with E-state index in [1.54, 1.807) is 6.07 Å². The molecule has 1 aromatic rings. The number of nitrogens with one attached hydrogen (secondary N) is 1. The molecule has 1 atom stereocenters. The first-order valence-electron chi connectivity index (χ1n) is 7.58. The average Bonchev–Trinajstić information content (AvgIpc) is 2.48. The van der Waals surface area contributed by atoms with Crippen LogP contribution in [0.1, 0.15) is 20.3 Å². The molecule has 122 valence electrons. The maximum atomic E-state index is 12.1. The third kappa shape index (κ3) is 4.35. The number of ether oxygens (including phenoxy) is 1. The molecule has 0 bridgehead atoms. The van der Waals surface area contributed by atoms with E-state index in [1.165, 1.54) is 0 Å². The first-order chi connectivity index (χ1) is 10.5. The average molecular weight is 327 g/mol. The number of benzene rings is 1. The van der Waals surface area contributed by atoms with E-state index in [4.69, 9.17) is 16.3 Å². The highest BCUT2D eigenvalue weighted by molar-refractivity contribution is 6.34. The summed E-state index contributed by atoms with van der Waals surface area (Å²) in [6.07, 6.45) is -0.571. The summed E-state index contributed by atoms with van der Waals surface area (Å²) in [7, 11) is 0. The highest BCUT2D eigenvalue weighted by Crippen LogP contribution is 2.34. The maximum Gasteiger partial charge on any atom is 0.227 e. The number of aliphatic hydroxyl groups excluding tert-OH is 1. The molecule has 1 aliphatic heterocycles. The van der Waals surface area contributed by atoms with E-state index in [0.29, 0.717) is 23.9 Å². The van der Waals surface area contributed by atoms with Crippen molar-refractivity contribution in [1.82, 2.24) is 0 Å². The Balaban J connectivity index is 2.13. The van der Waals surface area contributed by atoms with Crippen LogP contribution in [0.3, 0.4) is 0 Å². The summed E-state index contributed by atoms with van der Waals surface area (Å²) >= 11 is 6.32. The number of halogens is 1. The normalized spacial score (nSPS) is 16.7. The van der Waals surface area contributed by atoms with Crippen molar-refractivity contribution in [2.45, 2.75) is 26.4 Å². The van der Waals surface area contributed by atoms with Gasteiger partial charge in [0.1, 0.15) is 0 Å². The van der Waals surface area contributed by atoms with E-state index in [9.17, 15) is 9.90 Å². The minimum Gasteiger partial charge on any atom is -0.392 e. The molecule has 1 aromatic carbocycles. The van der Waals surface area contributed by atoms with Gasteiger partial charge < -0.3 is 20.1 Å². The predicted molar refractivity (Wildman–Crippen MR) is 88.6 cm³/mol. The molecule has 1 amide bonds. The van der Waals surface area contributed by atoms with E-state index in [1.807, 2.05) is 26.0 Å². The molecule has 0 spiro atoms. The SMILES string of the molecule is CC(C)C(O)CC(=O)Nc1cccc(Cl)c1N1CCOCC1. The van der Waals surface area contributed by atoms with Gasteiger partial charge in [-0.05, 0) is 18.1 Å². The number of aliphatic hydroxyl groups is 1. The van der Waals surface area contributed by atoms with Gasteiger partial charge in [0, 0.05) is 13.1 Å². The zero-order valence-corrected chi connectivity index (χ0v) is 13.8. The molecule has 1 unspecified atom stereocenters. The van der Waals surface area contributed by atoms with Crippen LogP contribution < -0.4 is 10.2 Å². The van der Waals surface area contributed by atoms with Gasteiger partial charge in [-0.3, -0.25) is 4.79 Å². The Labute approximate surface area is 136 Å². The number of carbonyl (C=O) groups excluding carboxylic acids is 1. The molecule has 0 saturated carbocycles. The third-order valence-electron chi connectivity index (χ3n) is 3.75. The monoisotopic (exact) mass is 326 g/mol. The van der Waals surface area contributed by atoms with Crippen LogP contribution in [-0.2, 0) is 9.53 Å². The van der Waals surface area contributed by atoms with Gasteiger partial charge in [-0.2, -0.15) is 0 Å². The maximum absolute atomic E-state index is 12.1. The molecular formula is C16H23ClN2O3. The topological polar surface area (TPSA) is 61.8 Å². The Morgan fingerprint density at radius 1 is 1.41 bits per heavy atom. The summed E-state index contributed by atoms with van der Waals surface area (Å²) in [6.45, 7) is 6.53. The Morgan fingerprint density at radius 2 is 2.09 bits per heavy atom. The second kappa shape index (κ2) is 7.81. The Bertz CT molecular complexity index is 516. The fourth-order valence-electron chi connectivity index (χ4n) is 2.35. The van der Waals surface area contributed by atoms with Crippen LogP contribution in [0.4, 0.5) is 11.4 Å². The van der Waals surface area contributed by atoms with Crippen LogP contribution in [0.5, 0.6) is 0 Å². The number of morpholine rings is 1. The number of hydrogen-bond acceptors (Lipinski definition) is 4. The fourth-order valence-corrected chi connectivity index (χ4v) is 2.65. The van der Waals surface area contributed by atoms with Crippen LogP contribution in [0, 0.1) is 5.92 Å². The van der Waals surface area contributed by atoms with Gasteiger partial charge in [0.15, 0.2) is 0 Å². The van der Waals surface area contributed by atoms with Gasteiger partial charge in [-0.15, -0.1) is 0 Å². The lowest BCUT2D eigenvalue weighted by atomic mass is 10.0. The first-order valence-corrected chi connectivity index (χ1v) is 7.96. The van der Waals surface area contributed by atoms with Crippen molar-refractivity contribution in [1.29, 1.82) is 0 Å². The van der Waals surface area contributed by atoms with Gasteiger partial charge in [-0.25, -0.2) is 0 Å². The Hall–Kier alpha value is -1.30. The summed E-state index contributed by atoms with van der Waals surface area (Å²) in [5.41, 5.74) is 1.50. The van der Waals surface area contributed by atoms with Crippen LogP contribution in [0.15, 0.2) is 18.2 Å². The third-order valence-corrected chi connectivity index (χ3v) is 4.06. The molecule has 6 heteroatoms. The highest BCUT2D eigenvalue weighted by Gasteiger charge is 2.20. The first kappa shape index (κ1) is 17.1. The van der Waals surface area contributed by atoms with E-state index in [-0.39, 0.29) is 18.2 Å². The molecule has 1 saturated heterocycles. The van der Waals surface area contributed by atoms with Crippen molar-refractivity contribution >= 4 is 28.9 Å². The van der Waals surface area contributed by atoms with Gasteiger partial charge in [-0.1, -0.05) is 31.5 Å².